The second-order valence-corrected chi connectivity index (χ2v) is 15.2. The first kappa shape index (κ1) is 34.3. The molecule has 7 nitrogen and oxygen atoms in total. The number of carbonyl (C=O) groups is 2. The molecule has 1 aromatic rings. The van der Waals surface area contributed by atoms with Crippen LogP contribution in [-0.4, -0.2) is 41.6 Å². The van der Waals surface area contributed by atoms with Crippen molar-refractivity contribution in [3.8, 4) is 6.07 Å². The topological polar surface area (TPSA) is 111 Å². The molecule has 10 heteroatoms. The summed E-state index contributed by atoms with van der Waals surface area (Å²) in [5.74, 6) is -2.22. The molecule has 0 saturated heterocycles. The monoisotopic (exact) mass is 573 g/mol. The van der Waals surface area contributed by atoms with Gasteiger partial charge in [0.2, 0.25) is 0 Å². The largest absolute Gasteiger partial charge is 0.466 e. The zero-order valence-electron chi connectivity index (χ0n) is 21.1. The molecule has 0 heterocycles. The number of nitriles is 1. The Labute approximate surface area is 228 Å². The smallest absolute Gasteiger partial charge is 0.315 e. The number of nitrogens with zero attached hydrogens (tertiary/aromatic N) is 1. The van der Waals surface area contributed by atoms with Gasteiger partial charge in [-0.05, 0) is 58.1 Å². The zero-order chi connectivity index (χ0) is 26.5. The Bertz CT molecular complexity index is 932. The van der Waals surface area contributed by atoms with Crippen LogP contribution in [0.25, 0.3) is 0 Å². The first-order chi connectivity index (χ1) is 16.5. The van der Waals surface area contributed by atoms with E-state index in [0.29, 0.717) is 0 Å². The van der Waals surface area contributed by atoms with Gasteiger partial charge in [0.05, 0.1) is 50.3 Å². The third kappa shape index (κ3) is 11.2. The molecule has 1 aromatic carbocycles. The summed E-state index contributed by atoms with van der Waals surface area (Å²) in [4.78, 5) is 25.5. The molecule has 10 radical (unpaired) electrons. The minimum absolute atomic E-state index is 0. The predicted octanol–water partition coefficient (Wildman–Crippen LogP) is 4.14. The molecule has 0 spiro atoms. The molecule has 2 rings (SSSR count). The fourth-order valence-electron chi connectivity index (χ4n) is 3.04. The van der Waals surface area contributed by atoms with Crippen molar-refractivity contribution in [1.82, 2.24) is 0 Å². The summed E-state index contributed by atoms with van der Waals surface area (Å²) in [6, 6.07) is 9.53. The van der Waals surface area contributed by atoms with Crippen LogP contribution in [-0.2, 0) is 45.7 Å². The van der Waals surface area contributed by atoms with E-state index in [4.69, 9.17) is 9.47 Å². The van der Waals surface area contributed by atoms with E-state index in [-0.39, 0.29) is 46.3 Å². The Morgan fingerprint density at radius 2 is 1.47 bits per heavy atom. The van der Waals surface area contributed by atoms with Crippen LogP contribution >= 0.6 is 0 Å². The Hall–Kier alpha value is -1.68. The van der Waals surface area contributed by atoms with E-state index in [1.165, 1.54) is 12.1 Å². The molecule has 0 bridgehead atoms. The molecule has 1 unspecified atom stereocenters. The van der Waals surface area contributed by atoms with Crippen LogP contribution in [0, 0.1) is 73.0 Å². The van der Waals surface area contributed by atoms with Gasteiger partial charge < -0.3 is 9.47 Å². The first-order valence-electron chi connectivity index (χ1n) is 11.1. The fraction of sp³-hybridized carbons (Fsp3) is 0.308. The number of sulfone groups is 1. The summed E-state index contributed by atoms with van der Waals surface area (Å²) in [5, 5.41) is 9.20. The molecular formula is C26H32CoNO6SSi. The minimum Gasteiger partial charge on any atom is -0.466 e. The van der Waals surface area contributed by atoms with Gasteiger partial charge in [-0.15, -0.1) is 0 Å². The molecule has 196 valence electrons. The number of carbonyl (C=O) groups excluding carboxylic acids is 2. The summed E-state index contributed by atoms with van der Waals surface area (Å²) >= 11 is 0. The van der Waals surface area contributed by atoms with Gasteiger partial charge in [0.15, 0.2) is 9.84 Å². The maximum atomic E-state index is 13.0. The molecule has 1 fully saturated rings. The second-order valence-electron chi connectivity index (χ2n) is 8.28. The minimum atomic E-state index is -3.92. The van der Waals surface area contributed by atoms with Crippen molar-refractivity contribution >= 4 is 29.8 Å². The van der Waals surface area contributed by atoms with Crippen molar-refractivity contribution < 1.29 is 44.3 Å². The Balaban J connectivity index is 0.00000181. The van der Waals surface area contributed by atoms with Crippen molar-refractivity contribution in [2.24, 2.45) is 5.92 Å². The first-order valence-corrected chi connectivity index (χ1v) is 16.2. The molecule has 0 N–H and O–H groups in total. The number of hydrogen-bond acceptors (Lipinski definition) is 7. The van der Waals surface area contributed by atoms with E-state index >= 15 is 0 Å². The second kappa shape index (κ2) is 16.9. The van der Waals surface area contributed by atoms with Crippen LogP contribution in [0.5, 0.6) is 0 Å². The van der Waals surface area contributed by atoms with Gasteiger partial charge in [-0.1, -0.05) is 37.8 Å². The number of rotatable bonds is 11. The van der Waals surface area contributed by atoms with Crippen LogP contribution in [0.1, 0.15) is 13.8 Å². The molecule has 1 atom stereocenters. The molecule has 0 aromatic heterocycles. The van der Waals surface area contributed by atoms with Crippen LogP contribution in [0.3, 0.4) is 0 Å². The van der Waals surface area contributed by atoms with Crippen molar-refractivity contribution in [2.75, 3.05) is 13.2 Å². The molecule has 0 amide bonds. The van der Waals surface area contributed by atoms with Gasteiger partial charge in [0.1, 0.15) is 5.92 Å². The van der Waals surface area contributed by atoms with Gasteiger partial charge in [0.25, 0.3) is 0 Å². The van der Waals surface area contributed by atoms with E-state index in [9.17, 15) is 23.3 Å². The van der Waals surface area contributed by atoms with Crippen LogP contribution in [0.4, 0.5) is 0 Å². The van der Waals surface area contributed by atoms with Crippen molar-refractivity contribution in [2.45, 2.75) is 38.4 Å². The average Bonchev–Trinajstić information content (AvgIpc) is 3.38. The predicted molar refractivity (Wildman–Crippen MR) is 136 cm³/mol. The van der Waals surface area contributed by atoms with Gasteiger partial charge in [-0.2, -0.15) is 5.26 Å². The van der Waals surface area contributed by atoms with Crippen molar-refractivity contribution in [3.05, 3.63) is 86.1 Å². The number of benzene rings is 1. The molecule has 1 aliphatic rings. The standard InChI is InChI=1S/C21H27NO6SSi.C5H5.Co/c1-6-27-20(23)17(13-14-22)19(21(24)28-7-2)18(30(3,4)5)15-29(25,26)16-11-9-8-10-12-16;1-2-4-5-3-1;/h8-13,15,19H,6-7H2,1-5H3;1-5H;. The van der Waals surface area contributed by atoms with Crippen LogP contribution in [0.2, 0.25) is 19.6 Å². The molecule has 1 saturated carbocycles. The molecule has 0 aliphatic heterocycles. The van der Waals surface area contributed by atoms with Crippen molar-refractivity contribution in [3.63, 3.8) is 0 Å². The Kier molecular flexibility index (Phi) is 16.2. The average molecular weight is 574 g/mol. The summed E-state index contributed by atoms with van der Waals surface area (Å²) in [5.41, 5.74) is 0.249. The molecule has 36 heavy (non-hydrogen) atoms. The van der Waals surface area contributed by atoms with E-state index < -0.39 is 35.8 Å². The zero-order valence-corrected chi connectivity index (χ0v) is 23.9. The Morgan fingerprint density at radius 1 is 0.972 bits per heavy atom. The van der Waals surface area contributed by atoms with Gasteiger partial charge in [0, 0.05) is 22.3 Å². The van der Waals surface area contributed by atoms with Crippen molar-refractivity contribution in [1.29, 1.82) is 5.26 Å². The number of esters is 2. The van der Waals surface area contributed by atoms with E-state index in [1.807, 2.05) is 51.7 Å². The van der Waals surface area contributed by atoms with Crippen LogP contribution in [0.15, 0.2) is 35.2 Å². The van der Waals surface area contributed by atoms with E-state index in [0.717, 1.165) is 12.2 Å². The SMILES string of the molecule is CCOC(=O)[C]([CH]C#N)C([C]([CH]S(=O)(=O)c1ccccc1)[Si](C)(C)C)C(=O)OCC.[CH]1[CH][CH][CH][CH]1.[Co]. The maximum Gasteiger partial charge on any atom is 0.315 e. The van der Waals surface area contributed by atoms with E-state index in [2.05, 4.69) is 0 Å². The fourth-order valence-corrected chi connectivity index (χ4v) is 7.20. The summed E-state index contributed by atoms with van der Waals surface area (Å²) < 4.78 is 36.2. The number of ether oxygens (including phenoxy) is 2. The van der Waals surface area contributed by atoms with Gasteiger partial charge in [-0.3, -0.25) is 9.59 Å². The summed E-state index contributed by atoms with van der Waals surface area (Å²) in [6.07, 6.45) is 10.9. The quantitative estimate of drug-likeness (QED) is 0.289. The third-order valence-corrected chi connectivity index (χ3v) is 8.52. The molecular weight excluding hydrogens is 541 g/mol. The Morgan fingerprint density at radius 3 is 1.89 bits per heavy atom. The van der Waals surface area contributed by atoms with Gasteiger partial charge in [-0.25, -0.2) is 8.42 Å². The third-order valence-electron chi connectivity index (χ3n) is 4.65. The molecule has 1 aliphatic carbocycles. The summed E-state index contributed by atoms with van der Waals surface area (Å²) in [6.45, 7) is 8.80. The van der Waals surface area contributed by atoms with Crippen LogP contribution < -0.4 is 0 Å². The van der Waals surface area contributed by atoms with E-state index in [1.54, 1.807) is 38.1 Å². The number of hydrogen-bond donors (Lipinski definition) is 0. The normalized spacial score (nSPS) is 14.2. The summed E-state index contributed by atoms with van der Waals surface area (Å²) in [7, 11) is -6.44. The van der Waals surface area contributed by atoms with Gasteiger partial charge >= 0.3 is 11.9 Å². The maximum absolute atomic E-state index is 13.0.